The Hall–Kier alpha value is -2.79. The van der Waals surface area contributed by atoms with Gasteiger partial charge in [0.1, 0.15) is 25.4 Å². The van der Waals surface area contributed by atoms with Gasteiger partial charge in [0.05, 0.1) is 30.6 Å². The van der Waals surface area contributed by atoms with Gasteiger partial charge in [-0.25, -0.2) is 4.68 Å². The van der Waals surface area contributed by atoms with Crippen LogP contribution in [0.4, 0.5) is 0 Å². The van der Waals surface area contributed by atoms with Crippen LogP contribution < -0.4 is 0 Å². The minimum atomic E-state index is -0.791. The fourth-order valence-corrected chi connectivity index (χ4v) is 4.95. The number of carbonyl (C=O) groups excluding carboxylic acids is 2. The van der Waals surface area contributed by atoms with Gasteiger partial charge in [-0.05, 0) is 47.5 Å². The maximum Gasteiger partial charge on any atom is 0.312 e. The molecule has 2 rings (SSSR count). The molecule has 0 amide bonds. The number of aliphatic hydroxyl groups excluding tert-OH is 2. The SMILES string of the molecule is CC(C)(C)CC(C(=O)OCC(O)Cn1ccnn1)C(C)(C)C.CC(C)(C)CC(C)(C(=O)OCC(O)Cn1cccn1)C(C)(C)C.CCC.CCC. The predicted molar refractivity (Wildman–Crippen MR) is 207 cm³/mol. The van der Waals surface area contributed by atoms with Crippen molar-refractivity contribution in [1.82, 2.24) is 24.8 Å². The Morgan fingerprint density at radius 2 is 1.20 bits per heavy atom. The summed E-state index contributed by atoms with van der Waals surface area (Å²) in [5.41, 5.74) is -0.979. The van der Waals surface area contributed by atoms with Crippen LogP contribution in [-0.2, 0) is 32.2 Å². The van der Waals surface area contributed by atoms with Crippen LogP contribution in [0.3, 0.4) is 0 Å². The van der Waals surface area contributed by atoms with Crippen molar-refractivity contribution in [3.63, 3.8) is 0 Å². The Labute approximate surface area is 311 Å². The Morgan fingerprint density at radius 1 is 0.706 bits per heavy atom. The molecule has 0 aliphatic carbocycles. The highest BCUT2D eigenvalue weighted by molar-refractivity contribution is 5.77. The van der Waals surface area contributed by atoms with Crippen LogP contribution in [-0.4, -0.2) is 72.3 Å². The summed E-state index contributed by atoms with van der Waals surface area (Å²) in [5.74, 6) is -0.703. The van der Waals surface area contributed by atoms with Gasteiger partial charge < -0.3 is 19.7 Å². The van der Waals surface area contributed by atoms with Crippen molar-refractivity contribution >= 4 is 11.9 Å². The minimum Gasteiger partial charge on any atom is -0.463 e. The van der Waals surface area contributed by atoms with Gasteiger partial charge in [0.2, 0.25) is 0 Å². The predicted octanol–water partition coefficient (Wildman–Crippen LogP) is 8.39. The van der Waals surface area contributed by atoms with Gasteiger partial charge in [0.25, 0.3) is 0 Å². The zero-order chi connectivity index (χ0) is 40.3. The van der Waals surface area contributed by atoms with E-state index in [-0.39, 0.29) is 59.3 Å². The van der Waals surface area contributed by atoms with Gasteiger partial charge in [-0.15, -0.1) is 5.10 Å². The Morgan fingerprint density at radius 3 is 1.57 bits per heavy atom. The quantitative estimate of drug-likeness (QED) is 0.207. The summed E-state index contributed by atoms with van der Waals surface area (Å²) < 4.78 is 13.9. The third kappa shape index (κ3) is 22.7. The smallest absolute Gasteiger partial charge is 0.312 e. The number of esters is 2. The van der Waals surface area contributed by atoms with Crippen molar-refractivity contribution < 1.29 is 29.3 Å². The molecule has 0 aromatic carbocycles. The molecule has 2 heterocycles. The molecule has 2 aromatic rings. The summed E-state index contributed by atoms with van der Waals surface area (Å²) >= 11 is 0. The normalized spacial score (nSPS) is 14.9. The van der Waals surface area contributed by atoms with Crippen molar-refractivity contribution in [3.8, 4) is 0 Å². The van der Waals surface area contributed by atoms with Crippen LogP contribution in [0.2, 0.25) is 0 Å². The van der Waals surface area contributed by atoms with E-state index < -0.39 is 17.6 Å². The largest absolute Gasteiger partial charge is 0.463 e. The number of hydrogen-bond acceptors (Lipinski definition) is 9. The number of hydrogen-bond donors (Lipinski definition) is 2. The maximum atomic E-state index is 12.7. The highest BCUT2D eigenvalue weighted by Crippen LogP contribution is 2.47. The molecule has 0 fully saturated rings. The van der Waals surface area contributed by atoms with E-state index in [0.717, 1.165) is 12.8 Å². The second-order valence-electron chi connectivity index (χ2n) is 18.3. The topological polar surface area (TPSA) is 142 Å². The van der Waals surface area contributed by atoms with Crippen molar-refractivity contribution in [3.05, 3.63) is 30.9 Å². The van der Waals surface area contributed by atoms with Gasteiger partial charge in [-0.3, -0.25) is 14.3 Å². The van der Waals surface area contributed by atoms with Crippen LogP contribution >= 0.6 is 0 Å². The molecule has 11 heteroatoms. The van der Waals surface area contributed by atoms with E-state index in [4.69, 9.17) is 9.47 Å². The molecule has 0 radical (unpaired) electrons. The molecule has 4 atom stereocenters. The van der Waals surface area contributed by atoms with E-state index in [2.05, 4.69) is 105 Å². The lowest BCUT2D eigenvalue weighted by Gasteiger charge is -2.43. The molecule has 2 aromatic heterocycles. The maximum absolute atomic E-state index is 12.7. The van der Waals surface area contributed by atoms with Crippen LogP contribution in [0.15, 0.2) is 30.9 Å². The molecule has 51 heavy (non-hydrogen) atoms. The van der Waals surface area contributed by atoms with E-state index in [1.807, 2.05) is 27.7 Å². The van der Waals surface area contributed by atoms with E-state index in [0.29, 0.717) is 6.54 Å². The molecule has 0 spiro atoms. The highest BCUT2D eigenvalue weighted by atomic mass is 16.5. The van der Waals surface area contributed by atoms with Crippen molar-refractivity contribution in [1.29, 1.82) is 0 Å². The minimum absolute atomic E-state index is 0.00866. The second kappa shape index (κ2) is 23.0. The molecular weight excluding hydrogens is 646 g/mol. The molecule has 0 bridgehead atoms. The van der Waals surface area contributed by atoms with Gasteiger partial charge in [-0.1, -0.05) is 129 Å². The van der Waals surface area contributed by atoms with Crippen molar-refractivity contribution in [2.75, 3.05) is 13.2 Å². The first-order valence-electron chi connectivity index (χ1n) is 18.7. The van der Waals surface area contributed by atoms with Crippen molar-refractivity contribution in [2.45, 2.75) is 169 Å². The molecular formula is C40H77N5O6. The molecule has 2 N–H and O–H groups in total. The lowest BCUT2D eigenvalue weighted by molar-refractivity contribution is -0.168. The van der Waals surface area contributed by atoms with Gasteiger partial charge in [0, 0.05) is 18.6 Å². The summed E-state index contributed by atoms with van der Waals surface area (Å²) in [4.78, 5) is 25.1. The van der Waals surface area contributed by atoms with Gasteiger partial charge in [-0.2, -0.15) is 5.10 Å². The van der Waals surface area contributed by atoms with Crippen LogP contribution in [0, 0.1) is 33.0 Å². The van der Waals surface area contributed by atoms with Crippen LogP contribution in [0.25, 0.3) is 0 Å². The zero-order valence-corrected chi connectivity index (χ0v) is 35.5. The van der Waals surface area contributed by atoms with E-state index >= 15 is 0 Å². The Bertz CT molecular complexity index is 1170. The molecule has 4 unspecified atom stereocenters. The number of rotatable bonds is 12. The average Bonchev–Trinajstić information content (AvgIpc) is 3.67. The summed E-state index contributed by atoms with van der Waals surface area (Å²) in [6.07, 6.45) is 9.02. The summed E-state index contributed by atoms with van der Waals surface area (Å²) in [6, 6.07) is 1.79. The number of aliphatic hydroxyl groups is 2. The monoisotopic (exact) mass is 724 g/mol. The molecule has 0 aliphatic heterocycles. The van der Waals surface area contributed by atoms with E-state index in [9.17, 15) is 19.8 Å². The van der Waals surface area contributed by atoms with Crippen LogP contribution in [0.1, 0.15) is 143 Å². The molecule has 0 saturated carbocycles. The third-order valence-electron chi connectivity index (χ3n) is 7.79. The summed E-state index contributed by atoms with van der Waals surface area (Å²) in [5, 5.41) is 31.4. The Balaban J connectivity index is 0. The second-order valence-corrected chi connectivity index (χ2v) is 18.3. The molecule has 298 valence electrons. The molecule has 0 aliphatic rings. The number of carbonyl (C=O) groups is 2. The highest BCUT2D eigenvalue weighted by Gasteiger charge is 2.47. The molecule has 11 nitrogen and oxygen atoms in total. The first-order chi connectivity index (χ1) is 23.2. The van der Waals surface area contributed by atoms with E-state index in [1.165, 1.54) is 23.7 Å². The van der Waals surface area contributed by atoms with E-state index in [1.54, 1.807) is 29.3 Å². The van der Waals surface area contributed by atoms with Crippen molar-refractivity contribution in [2.24, 2.45) is 33.0 Å². The lowest BCUT2D eigenvalue weighted by Crippen LogP contribution is -2.45. The fraction of sp³-hybridized carbons (Fsp3) is 0.825. The first kappa shape index (κ1) is 50.3. The number of aromatic nitrogens is 5. The number of ether oxygens (including phenoxy) is 2. The Kier molecular flexibility index (Phi) is 22.7. The standard InChI is InChI=1S/C18H32N2O3.C16H29N3O3.2C3H8/c1-16(2,3)13-18(7,17(4,5)6)15(22)23-12-14(21)11-20-10-8-9-19-20;1-15(2,3)9-13(16(4,5)6)14(21)22-11-12(20)10-19-8-7-17-18-19;2*1-3-2/h8-10,14,21H,11-13H2,1-7H3;7-8,12-13,20H,9-11H2,1-6H3;2*3H2,1-2H3. The van der Waals surface area contributed by atoms with Gasteiger partial charge >= 0.3 is 11.9 Å². The summed E-state index contributed by atoms with van der Waals surface area (Å²) in [7, 11) is 0. The first-order valence-corrected chi connectivity index (χ1v) is 18.7. The number of nitrogens with zero attached hydrogens (tertiary/aromatic N) is 5. The zero-order valence-electron chi connectivity index (χ0n) is 35.5. The third-order valence-corrected chi connectivity index (χ3v) is 7.79. The lowest BCUT2D eigenvalue weighted by atomic mass is 9.61. The van der Waals surface area contributed by atoms with Gasteiger partial charge in [0.15, 0.2) is 0 Å². The summed E-state index contributed by atoms with van der Waals surface area (Å²) in [6.45, 7) is 36.0. The fourth-order valence-electron chi connectivity index (χ4n) is 4.95. The average molecular weight is 724 g/mol. The van der Waals surface area contributed by atoms with Crippen LogP contribution in [0.5, 0.6) is 0 Å². The molecule has 0 saturated heterocycles.